The number of benzene rings is 1. The fourth-order valence-corrected chi connectivity index (χ4v) is 1.66. The number of nitrogens with zero attached hydrogens (tertiary/aromatic N) is 1. The Hall–Kier alpha value is -0.940. The van der Waals surface area contributed by atoms with Crippen LogP contribution in [-0.4, -0.2) is 16.0 Å². The first kappa shape index (κ1) is 12.1. The van der Waals surface area contributed by atoms with Crippen molar-refractivity contribution < 1.29 is 9.72 Å². The Morgan fingerprint density at radius 2 is 2.20 bits per heavy atom. The minimum absolute atomic E-state index is 0.0505. The third-order valence-corrected chi connectivity index (χ3v) is 2.89. The molecule has 0 aliphatic rings. The lowest BCUT2D eigenvalue weighted by Gasteiger charge is -2.04. The van der Waals surface area contributed by atoms with Crippen molar-refractivity contribution in [2.45, 2.75) is 6.92 Å². The number of hydrogen-bond acceptors (Lipinski definition) is 3. The predicted molar refractivity (Wildman–Crippen MR) is 61.0 cm³/mol. The second kappa shape index (κ2) is 4.72. The average molecular weight is 293 g/mol. The molecule has 80 valence electrons. The number of rotatable bonds is 3. The number of carbonyl (C=O) groups excluding carboxylic acids is 1. The first-order chi connectivity index (χ1) is 6.99. The van der Waals surface area contributed by atoms with E-state index in [2.05, 4.69) is 15.9 Å². The van der Waals surface area contributed by atoms with Gasteiger partial charge in [-0.05, 0) is 19.1 Å². The molecule has 0 bridgehead atoms. The van der Waals surface area contributed by atoms with Crippen molar-refractivity contribution in [1.29, 1.82) is 0 Å². The average Bonchev–Trinajstić information content (AvgIpc) is 2.20. The Labute approximate surface area is 99.5 Å². The molecule has 15 heavy (non-hydrogen) atoms. The number of carbonyl (C=O) groups is 1. The summed E-state index contributed by atoms with van der Waals surface area (Å²) in [5, 5.41) is 11.1. The van der Waals surface area contributed by atoms with Gasteiger partial charge in [0, 0.05) is 5.56 Å². The molecule has 0 saturated heterocycles. The quantitative estimate of drug-likeness (QED) is 0.372. The number of alkyl halides is 1. The molecular weight excluding hydrogens is 285 g/mol. The topological polar surface area (TPSA) is 60.2 Å². The van der Waals surface area contributed by atoms with E-state index in [1.807, 2.05) is 0 Å². The smallest absolute Gasteiger partial charge is 0.284 e. The molecule has 0 unspecified atom stereocenters. The van der Waals surface area contributed by atoms with E-state index in [0.29, 0.717) is 5.56 Å². The van der Waals surface area contributed by atoms with Crippen LogP contribution in [0.3, 0.4) is 0 Å². The highest BCUT2D eigenvalue weighted by Crippen LogP contribution is 2.29. The van der Waals surface area contributed by atoms with Gasteiger partial charge in [-0.1, -0.05) is 27.5 Å². The first-order valence-electron chi connectivity index (χ1n) is 4.01. The van der Waals surface area contributed by atoms with Gasteiger partial charge >= 0.3 is 0 Å². The maximum absolute atomic E-state index is 11.4. The molecule has 0 radical (unpaired) electrons. The van der Waals surface area contributed by atoms with Crippen molar-refractivity contribution in [3.63, 3.8) is 0 Å². The van der Waals surface area contributed by atoms with Gasteiger partial charge in [0.1, 0.15) is 0 Å². The van der Waals surface area contributed by atoms with E-state index in [0.717, 1.165) is 0 Å². The van der Waals surface area contributed by atoms with Crippen molar-refractivity contribution in [2.24, 2.45) is 0 Å². The van der Waals surface area contributed by atoms with Gasteiger partial charge in [0.2, 0.25) is 0 Å². The van der Waals surface area contributed by atoms with Gasteiger partial charge in [0.25, 0.3) is 5.69 Å². The number of nitro groups is 1. The van der Waals surface area contributed by atoms with E-state index in [1.165, 1.54) is 19.1 Å². The zero-order valence-corrected chi connectivity index (χ0v) is 10.1. The second-order valence-electron chi connectivity index (χ2n) is 2.88. The Morgan fingerprint density at radius 1 is 1.60 bits per heavy atom. The van der Waals surface area contributed by atoms with Crippen LogP contribution in [-0.2, 0) is 0 Å². The molecule has 4 nitrogen and oxygen atoms in total. The minimum atomic E-state index is -0.586. The van der Waals surface area contributed by atoms with Crippen LogP contribution in [0.25, 0.3) is 0 Å². The maximum Gasteiger partial charge on any atom is 0.284 e. The molecule has 1 aromatic carbocycles. The molecule has 0 N–H and O–H groups in total. The first-order valence-corrected chi connectivity index (χ1v) is 5.51. The summed E-state index contributed by atoms with van der Waals surface area (Å²) in [4.78, 5) is 21.6. The summed E-state index contributed by atoms with van der Waals surface area (Å²) in [5.74, 6) is -0.332. The van der Waals surface area contributed by atoms with Crippen LogP contribution in [0.5, 0.6) is 0 Å². The van der Waals surface area contributed by atoms with Gasteiger partial charge in [0.15, 0.2) is 5.78 Å². The monoisotopic (exact) mass is 291 g/mol. The largest absolute Gasteiger partial charge is 0.293 e. The van der Waals surface area contributed by atoms with Gasteiger partial charge in [-0.25, -0.2) is 0 Å². The van der Waals surface area contributed by atoms with Crippen LogP contribution < -0.4 is 0 Å². The number of Topliss-reactive ketones (excluding diaryl/α,β-unsaturated/α-hetero) is 1. The summed E-state index contributed by atoms with van der Waals surface area (Å²) in [6.07, 6.45) is 0. The third kappa shape index (κ3) is 2.35. The number of ketones is 1. The van der Waals surface area contributed by atoms with Gasteiger partial charge < -0.3 is 0 Å². The summed E-state index contributed by atoms with van der Waals surface area (Å²) in [5.41, 5.74) is 0.180. The molecule has 0 atom stereocenters. The fraction of sp³-hybridized carbons (Fsp3) is 0.222. The van der Waals surface area contributed by atoms with Crippen LogP contribution in [0.15, 0.2) is 12.1 Å². The Balaban J connectivity index is 3.46. The van der Waals surface area contributed by atoms with Gasteiger partial charge in [0.05, 0.1) is 20.8 Å². The molecule has 0 saturated carbocycles. The highest BCUT2D eigenvalue weighted by atomic mass is 79.9. The molecule has 0 fully saturated rings. The van der Waals surface area contributed by atoms with E-state index < -0.39 is 4.92 Å². The van der Waals surface area contributed by atoms with E-state index in [1.54, 1.807) is 0 Å². The van der Waals surface area contributed by atoms with Crippen molar-refractivity contribution in [3.8, 4) is 0 Å². The Kier molecular flexibility index (Phi) is 3.82. The van der Waals surface area contributed by atoms with E-state index in [4.69, 9.17) is 11.6 Å². The van der Waals surface area contributed by atoms with Gasteiger partial charge in [-0.3, -0.25) is 14.9 Å². The van der Waals surface area contributed by atoms with Crippen LogP contribution in [0.2, 0.25) is 5.02 Å². The lowest BCUT2D eigenvalue weighted by Crippen LogP contribution is -2.06. The lowest BCUT2D eigenvalue weighted by atomic mass is 10.1. The fourth-order valence-electron chi connectivity index (χ4n) is 1.21. The Bertz CT molecular complexity index is 434. The summed E-state index contributed by atoms with van der Waals surface area (Å²) < 4.78 is 0. The molecule has 0 aromatic heterocycles. The molecule has 0 spiro atoms. The molecule has 1 rings (SSSR count). The van der Waals surface area contributed by atoms with E-state index in [9.17, 15) is 14.9 Å². The van der Waals surface area contributed by atoms with E-state index >= 15 is 0 Å². The zero-order chi connectivity index (χ0) is 11.6. The summed E-state index contributed by atoms with van der Waals surface area (Å²) in [7, 11) is 0. The van der Waals surface area contributed by atoms with E-state index in [-0.39, 0.29) is 27.4 Å². The van der Waals surface area contributed by atoms with Crippen LogP contribution in [0.1, 0.15) is 15.9 Å². The van der Waals surface area contributed by atoms with Crippen LogP contribution in [0.4, 0.5) is 5.69 Å². The number of halogens is 2. The van der Waals surface area contributed by atoms with Gasteiger partial charge in [-0.15, -0.1) is 0 Å². The molecule has 1 aromatic rings. The van der Waals surface area contributed by atoms with Crippen molar-refractivity contribution in [2.75, 3.05) is 5.33 Å². The SMILES string of the molecule is Cc1c(Cl)ccc(C(=O)CBr)c1[N+](=O)[O-]. The summed E-state index contributed by atoms with van der Waals surface area (Å²) in [6, 6.07) is 2.86. The van der Waals surface area contributed by atoms with Crippen LogP contribution in [0, 0.1) is 17.0 Å². The highest BCUT2D eigenvalue weighted by Gasteiger charge is 2.23. The second-order valence-corrected chi connectivity index (χ2v) is 3.85. The minimum Gasteiger partial charge on any atom is -0.293 e. The standard InChI is InChI=1S/C9H7BrClNO3/c1-5-7(11)3-2-6(8(13)4-10)9(5)12(14)15/h2-3H,4H2,1H3. The van der Waals surface area contributed by atoms with Crippen LogP contribution >= 0.6 is 27.5 Å². The third-order valence-electron chi connectivity index (χ3n) is 1.97. The molecule has 0 aliphatic heterocycles. The summed E-state index contributed by atoms with van der Waals surface area (Å²) >= 11 is 8.72. The Morgan fingerprint density at radius 3 is 2.67 bits per heavy atom. The van der Waals surface area contributed by atoms with Gasteiger partial charge in [-0.2, -0.15) is 0 Å². The normalized spacial score (nSPS) is 10.1. The van der Waals surface area contributed by atoms with Crippen molar-refractivity contribution >= 4 is 39.0 Å². The molecule has 0 heterocycles. The molecule has 6 heteroatoms. The molecule has 0 amide bonds. The van der Waals surface area contributed by atoms with Crippen molar-refractivity contribution in [1.82, 2.24) is 0 Å². The number of hydrogen-bond donors (Lipinski definition) is 0. The summed E-state index contributed by atoms with van der Waals surface area (Å²) in [6.45, 7) is 1.52. The maximum atomic E-state index is 11.4. The molecular formula is C9H7BrClNO3. The highest BCUT2D eigenvalue weighted by molar-refractivity contribution is 9.09. The lowest BCUT2D eigenvalue weighted by molar-refractivity contribution is -0.385. The zero-order valence-electron chi connectivity index (χ0n) is 7.79. The predicted octanol–water partition coefficient (Wildman–Crippen LogP) is 3.13. The number of nitro benzene ring substituents is 1. The van der Waals surface area contributed by atoms with Crippen molar-refractivity contribution in [3.05, 3.63) is 38.4 Å². The molecule has 0 aliphatic carbocycles.